The van der Waals surface area contributed by atoms with Crippen LogP contribution in [-0.2, 0) is 0 Å². The van der Waals surface area contributed by atoms with Crippen LogP contribution in [0.5, 0.6) is 0 Å². The summed E-state index contributed by atoms with van der Waals surface area (Å²) in [6, 6.07) is 0.550. The molecule has 0 spiro atoms. The summed E-state index contributed by atoms with van der Waals surface area (Å²) in [6.45, 7) is 5.41. The third-order valence-electron chi connectivity index (χ3n) is 4.04. The molecule has 18 heavy (non-hydrogen) atoms. The maximum Gasteiger partial charge on any atom is 0.266 e. The van der Waals surface area contributed by atoms with Gasteiger partial charge >= 0.3 is 0 Å². The molecule has 0 aliphatic carbocycles. The number of nitrogens with zero attached hydrogens (tertiary/aromatic N) is 3. The minimum absolute atomic E-state index is 0.437. The van der Waals surface area contributed by atoms with Crippen LogP contribution < -0.4 is 10.2 Å². The second-order valence-corrected chi connectivity index (χ2v) is 5.56. The zero-order valence-corrected chi connectivity index (χ0v) is 11.1. The van der Waals surface area contributed by atoms with E-state index in [1.54, 1.807) is 0 Å². The summed E-state index contributed by atoms with van der Waals surface area (Å²) in [4.78, 5) is 6.86. The third kappa shape index (κ3) is 2.51. The summed E-state index contributed by atoms with van der Waals surface area (Å²) in [7, 11) is 0. The predicted molar refractivity (Wildman–Crippen MR) is 69.8 cm³/mol. The molecule has 3 heterocycles. The first-order valence-electron chi connectivity index (χ1n) is 7.15. The van der Waals surface area contributed by atoms with Crippen molar-refractivity contribution >= 4 is 5.95 Å². The molecule has 2 aliphatic heterocycles. The predicted octanol–water partition coefficient (Wildman–Crippen LogP) is 1.92. The van der Waals surface area contributed by atoms with Crippen LogP contribution in [0.15, 0.2) is 4.52 Å². The van der Waals surface area contributed by atoms with E-state index in [0.29, 0.717) is 12.0 Å². The molecule has 1 N–H and O–H groups in total. The van der Waals surface area contributed by atoms with Crippen molar-refractivity contribution in [2.24, 2.45) is 0 Å². The third-order valence-corrected chi connectivity index (χ3v) is 4.04. The topological polar surface area (TPSA) is 54.2 Å². The van der Waals surface area contributed by atoms with Crippen LogP contribution in [-0.4, -0.2) is 35.8 Å². The number of piperidine rings is 2. The van der Waals surface area contributed by atoms with E-state index >= 15 is 0 Å². The highest BCUT2D eigenvalue weighted by Gasteiger charge is 2.26. The maximum absolute atomic E-state index is 5.48. The van der Waals surface area contributed by atoms with Gasteiger partial charge in [0, 0.05) is 25.0 Å². The van der Waals surface area contributed by atoms with E-state index in [9.17, 15) is 0 Å². The van der Waals surface area contributed by atoms with Crippen LogP contribution in [0.3, 0.4) is 0 Å². The van der Waals surface area contributed by atoms with Crippen molar-refractivity contribution in [2.45, 2.75) is 51.0 Å². The Labute approximate surface area is 108 Å². The highest BCUT2D eigenvalue weighted by atomic mass is 16.5. The van der Waals surface area contributed by atoms with Crippen molar-refractivity contribution in [3.05, 3.63) is 5.89 Å². The first-order valence-corrected chi connectivity index (χ1v) is 7.15. The maximum atomic E-state index is 5.48. The van der Waals surface area contributed by atoms with Crippen LogP contribution in [0.4, 0.5) is 5.95 Å². The fraction of sp³-hybridized carbons (Fsp3) is 0.846. The number of aromatic nitrogens is 2. The van der Waals surface area contributed by atoms with Gasteiger partial charge in [0.15, 0.2) is 0 Å². The van der Waals surface area contributed by atoms with Gasteiger partial charge in [0.1, 0.15) is 0 Å². The van der Waals surface area contributed by atoms with Crippen molar-refractivity contribution in [3.63, 3.8) is 0 Å². The summed E-state index contributed by atoms with van der Waals surface area (Å²) < 4.78 is 5.48. The lowest BCUT2D eigenvalue weighted by Gasteiger charge is -2.26. The lowest BCUT2D eigenvalue weighted by Crippen LogP contribution is -2.35. The summed E-state index contributed by atoms with van der Waals surface area (Å²) in [6.07, 6.45) is 6.02. The zero-order chi connectivity index (χ0) is 12.4. The van der Waals surface area contributed by atoms with Crippen molar-refractivity contribution < 1.29 is 4.52 Å². The lowest BCUT2D eigenvalue weighted by atomic mass is 9.93. The molecule has 5 nitrogen and oxygen atoms in total. The van der Waals surface area contributed by atoms with Gasteiger partial charge in [-0.3, -0.25) is 0 Å². The molecular formula is C13H22N4O. The molecule has 5 heteroatoms. The Morgan fingerprint density at radius 3 is 2.89 bits per heavy atom. The number of anilines is 1. The van der Waals surface area contributed by atoms with Crippen LogP contribution in [0.2, 0.25) is 0 Å². The van der Waals surface area contributed by atoms with E-state index in [2.05, 4.69) is 27.3 Å². The van der Waals surface area contributed by atoms with Crippen molar-refractivity contribution in [2.75, 3.05) is 24.5 Å². The molecule has 100 valence electrons. The van der Waals surface area contributed by atoms with Crippen LogP contribution in [0.1, 0.15) is 50.8 Å². The molecule has 0 radical (unpaired) electrons. The number of nitrogens with one attached hydrogen (secondary N) is 1. The molecule has 2 atom stereocenters. The second kappa shape index (κ2) is 5.26. The normalized spacial score (nSPS) is 29.5. The van der Waals surface area contributed by atoms with Gasteiger partial charge in [0.2, 0.25) is 5.89 Å². The Balaban J connectivity index is 1.68. The van der Waals surface area contributed by atoms with Crippen molar-refractivity contribution in [1.82, 2.24) is 15.5 Å². The molecule has 1 aromatic heterocycles. The molecule has 3 rings (SSSR count). The summed E-state index contributed by atoms with van der Waals surface area (Å²) in [5.74, 6) is 2.08. The zero-order valence-electron chi connectivity index (χ0n) is 11.1. The standard InChI is InChI=1S/C13H22N4O/c1-10-9-11(5-6-14-10)12-15-13(16-18-12)17-7-3-2-4-8-17/h10-11,14H,2-9H2,1H3. The minimum Gasteiger partial charge on any atom is -0.338 e. The molecule has 2 aliphatic rings. The van der Waals surface area contributed by atoms with Crippen LogP contribution in [0.25, 0.3) is 0 Å². The fourth-order valence-corrected chi connectivity index (χ4v) is 2.97. The molecule has 0 bridgehead atoms. The Hall–Kier alpha value is -1.10. The van der Waals surface area contributed by atoms with E-state index < -0.39 is 0 Å². The molecule has 1 aromatic rings. The monoisotopic (exact) mass is 250 g/mol. The first-order chi connectivity index (χ1) is 8.83. The average molecular weight is 250 g/mol. The van der Waals surface area contributed by atoms with Gasteiger partial charge in [0.25, 0.3) is 5.95 Å². The van der Waals surface area contributed by atoms with Gasteiger partial charge in [-0.2, -0.15) is 4.98 Å². The summed E-state index contributed by atoms with van der Waals surface area (Å²) >= 11 is 0. The van der Waals surface area contributed by atoms with E-state index in [1.165, 1.54) is 19.3 Å². The van der Waals surface area contributed by atoms with Gasteiger partial charge < -0.3 is 14.7 Å². The van der Waals surface area contributed by atoms with Crippen molar-refractivity contribution in [1.29, 1.82) is 0 Å². The van der Waals surface area contributed by atoms with Gasteiger partial charge in [-0.1, -0.05) is 0 Å². The molecule has 0 aromatic carbocycles. The van der Waals surface area contributed by atoms with Gasteiger partial charge in [-0.15, -0.1) is 0 Å². The summed E-state index contributed by atoms with van der Waals surface area (Å²) in [5, 5.41) is 7.61. The number of hydrogen-bond acceptors (Lipinski definition) is 5. The Morgan fingerprint density at radius 2 is 2.11 bits per heavy atom. The molecule has 2 fully saturated rings. The average Bonchev–Trinajstić information content (AvgIpc) is 2.89. The van der Waals surface area contributed by atoms with Gasteiger partial charge in [0.05, 0.1) is 0 Å². The lowest BCUT2D eigenvalue weighted by molar-refractivity contribution is 0.295. The Bertz CT molecular complexity index is 386. The van der Waals surface area contributed by atoms with Crippen LogP contribution in [0, 0.1) is 0 Å². The number of rotatable bonds is 2. The summed E-state index contributed by atoms with van der Waals surface area (Å²) in [5.41, 5.74) is 0. The molecule has 2 unspecified atom stereocenters. The highest BCUT2D eigenvalue weighted by molar-refractivity contribution is 5.28. The van der Waals surface area contributed by atoms with E-state index in [1.807, 2.05) is 0 Å². The highest BCUT2D eigenvalue weighted by Crippen LogP contribution is 2.28. The van der Waals surface area contributed by atoms with Crippen molar-refractivity contribution in [3.8, 4) is 0 Å². The second-order valence-electron chi connectivity index (χ2n) is 5.56. The van der Waals surface area contributed by atoms with E-state index in [-0.39, 0.29) is 0 Å². The number of hydrogen-bond donors (Lipinski definition) is 1. The SMILES string of the molecule is CC1CC(c2nc(N3CCCCC3)no2)CCN1. The quantitative estimate of drug-likeness (QED) is 0.869. The molecular weight excluding hydrogens is 228 g/mol. The first kappa shape index (κ1) is 12.0. The fourth-order valence-electron chi connectivity index (χ4n) is 2.97. The minimum atomic E-state index is 0.437. The Kier molecular flexibility index (Phi) is 3.50. The van der Waals surface area contributed by atoms with Gasteiger partial charge in [-0.05, 0) is 50.7 Å². The van der Waals surface area contributed by atoms with Gasteiger partial charge in [-0.25, -0.2) is 0 Å². The molecule has 0 amide bonds. The van der Waals surface area contributed by atoms with E-state index in [4.69, 9.17) is 4.52 Å². The van der Waals surface area contributed by atoms with E-state index in [0.717, 1.165) is 44.3 Å². The molecule has 2 saturated heterocycles. The largest absolute Gasteiger partial charge is 0.338 e. The molecule has 0 saturated carbocycles. The van der Waals surface area contributed by atoms with Crippen LogP contribution >= 0.6 is 0 Å². The Morgan fingerprint density at radius 1 is 1.28 bits per heavy atom. The smallest absolute Gasteiger partial charge is 0.266 e.